The molecular weight excluding hydrogens is 138 g/mol. The highest BCUT2D eigenvalue weighted by Gasteiger charge is 2.41. The zero-order valence-corrected chi connectivity index (χ0v) is 7.01. The Hall–Kier alpha value is -0.0800. The van der Waals surface area contributed by atoms with Gasteiger partial charge in [0, 0.05) is 19.3 Å². The Bertz CT molecular complexity index is 140. The van der Waals surface area contributed by atoms with E-state index < -0.39 is 0 Å². The average Bonchev–Trinajstić information content (AvgIpc) is 2.36. The van der Waals surface area contributed by atoms with Crippen LogP contribution in [-0.2, 0) is 4.74 Å². The van der Waals surface area contributed by atoms with E-state index in [4.69, 9.17) is 10.5 Å². The van der Waals surface area contributed by atoms with Gasteiger partial charge in [-0.05, 0) is 31.1 Å². The highest BCUT2D eigenvalue weighted by atomic mass is 16.5. The van der Waals surface area contributed by atoms with Gasteiger partial charge < -0.3 is 10.5 Å². The van der Waals surface area contributed by atoms with Crippen molar-refractivity contribution in [1.29, 1.82) is 0 Å². The molecule has 1 aliphatic heterocycles. The third-order valence-electron chi connectivity index (χ3n) is 3.46. The van der Waals surface area contributed by atoms with Crippen LogP contribution >= 0.6 is 0 Å². The van der Waals surface area contributed by atoms with Gasteiger partial charge in [-0.1, -0.05) is 6.42 Å². The van der Waals surface area contributed by atoms with Crippen LogP contribution in [0, 0.1) is 5.41 Å². The lowest BCUT2D eigenvalue weighted by atomic mass is 9.76. The minimum atomic E-state index is 0.464. The molecule has 11 heavy (non-hydrogen) atoms. The smallest absolute Gasteiger partial charge is 0.0471 e. The fourth-order valence-electron chi connectivity index (χ4n) is 2.56. The van der Waals surface area contributed by atoms with E-state index in [1.807, 2.05) is 0 Å². The summed E-state index contributed by atoms with van der Waals surface area (Å²) in [5.41, 5.74) is 6.57. The van der Waals surface area contributed by atoms with Crippen LogP contribution in [0.15, 0.2) is 0 Å². The minimum absolute atomic E-state index is 0.464. The number of hydrogen-bond acceptors (Lipinski definition) is 2. The van der Waals surface area contributed by atoms with Crippen molar-refractivity contribution in [2.75, 3.05) is 13.2 Å². The second-order valence-corrected chi connectivity index (χ2v) is 3.97. The van der Waals surface area contributed by atoms with E-state index in [0.29, 0.717) is 11.5 Å². The van der Waals surface area contributed by atoms with E-state index in [-0.39, 0.29) is 0 Å². The zero-order valence-electron chi connectivity index (χ0n) is 7.01. The van der Waals surface area contributed by atoms with Crippen LogP contribution in [0.5, 0.6) is 0 Å². The van der Waals surface area contributed by atoms with E-state index in [0.717, 1.165) is 13.2 Å². The second-order valence-electron chi connectivity index (χ2n) is 3.97. The molecule has 1 saturated carbocycles. The summed E-state index contributed by atoms with van der Waals surface area (Å²) in [4.78, 5) is 0. The summed E-state index contributed by atoms with van der Waals surface area (Å²) >= 11 is 0. The lowest BCUT2D eigenvalue weighted by Gasteiger charge is -2.37. The molecular formula is C9H17NO. The molecule has 1 aliphatic carbocycles. The molecule has 2 fully saturated rings. The van der Waals surface area contributed by atoms with Crippen molar-refractivity contribution in [3.63, 3.8) is 0 Å². The monoisotopic (exact) mass is 155 g/mol. The van der Waals surface area contributed by atoms with Crippen molar-refractivity contribution >= 4 is 0 Å². The van der Waals surface area contributed by atoms with E-state index in [2.05, 4.69) is 0 Å². The summed E-state index contributed by atoms with van der Waals surface area (Å²) in [7, 11) is 0. The first-order chi connectivity index (χ1) is 5.33. The van der Waals surface area contributed by atoms with Crippen molar-refractivity contribution in [1.82, 2.24) is 0 Å². The number of nitrogens with two attached hydrogens (primary N) is 1. The fourth-order valence-corrected chi connectivity index (χ4v) is 2.56. The summed E-state index contributed by atoms with van der Waals surface area (Å²) in [5, 5.41) is 0. The number of ether oxygens (including phenoxy) is 1. The Morgan fingerprint density at radius 3 is 2.45 bits per heavy atom. The molecule has 0 bridgehead atoms. The maximum atomic E-state index is 6.09. The molecule has 2 N–H and O–H groups in total. The van der Waals surface area contributed by atoms with Gasteiger partial charge in [0.25, 0.3) is 0 Å². The van der Waals surface area contributed by atoms with Crippen molar-refractivity contribution in [3.8, 4) is 0 Å². The molecule has 2 heteroatoms. The first-order valence-electron chi connectivity index (χ1n) is 4.67. The summed E-state index contributed by atoms with van der Waals surface area (Å²) in [6, 6.07) is 0.464. The topological polar surface area (TPSA) is 35.2 Å². The van der Waals surface area contributed by atoms with Gasteiger partial charge in [0.15, 0.2) is 0 Å². The predicted octanol–water partition coefficient (Wildman–Crippen LogP) is 1.29. The number of hydrogen-bond donors (Lipinski definition) is 1. The molecule has 0 radical (unpaired) electrons. The van der Waals surface area contributed by atoms with Gasteiger partial charge >= 0.3 is 0 Å². The Balaban J connectivity index is 2.06. The fraction of sp³-hybridized carbons (Fsp3) is 1.00. The molecule has 1 saturated heterocycles. The van der Waals surface area contributed by atoms with Crippen LogP contribution < -0.4 is 5.73 Å². The minimum Gasteiger partial charge on any atom is -0.381 e. The van der Waals surface area contributed by atoms with E-state index in [1.165, 1.54) is 32.1 Å². The molecule has 1 spiro atoms. The van der Waals surface area contributed by atoms with Crippen molar-refractivity contribution in [3.05, 3.63) is 0 Å². The molecule has 2 aliphatic rings. The zero-order chi connectivity index (χ0) is 7.73. The third-order valence-corrected chi connectivity index (χ3v) is 3.46. The van der Waals surface area contributed by atoms with Gasteiger partial charge in [0.05, 0.1) is 0 Å². The second kappa shape index (κ2) is 2.76. The first-order valence-corrected chi connectivity index (χ1v) is 4.67. The Morgan fingerprint density at radius 2 is 1.91 bits per heavy atom. The van der Waals surface area contributed by atoms with Gasteiger partial charge in [-0.3, -0.25) is 0 Å². The summed E-state index contributed by atoms with van der Waals surface area (Å²) in [6.07, 6.45) is 6.32. The molecule has 0 amide bonds. The largest absolute Gasteiger partial charge is 0.381 e. The Kier molecular flexibility index (Phi) is 1.90. The molecule has 2 nitrogen and oxygen atoms in total. The first kappa shape index (κ1) is 7.56. The van der Waals surface area contributed by atoms with Crippen LogP contribution in [0.2, 0.25) is 0 Å². The molecule has 0 aromatic carbocycles. The highest BCUT2D eigenvalue weighted by Crippen LogP contribution is 2.44. The molecule has 0 aromatic heterocycles. The molecule has 1 heterocycles. The molecule has 0 aromatic rings. The summed E-state index contributed by atoms with van der Waals surface area (Å²) < 4.78 is 5.35. The van der Waals surface area contributed by atoms with Gasteiger partial charge in [0.2, 0.25) is 0 Å². The van der Waals surface area contributed by atoms with Crippen LogP contribution in [0.1, 0.15) is 32.1 Å². The molecule has 64 valence electrons. The third kappa shape index (κ3) is 1.18. The maximum absolute atomic E-state index is 6.09. The molecule has 2 rings (SSSR count). The standard InChI is InChI=1S/C9H17NO/c10-8-2-1-3-9(8)4-6-11-7-5-9/h8H,1-7,10H2/t8-/m0/s1. The Morgan fingerprint density at radius 1 is 1.18 bits per heavy atom. The Labute approximate surface area is 68.1 Å². The average molecular weight is 155 g/mol. The van der Waals surface area contributed by atoms with Crippen LogP contribution in [0.3, 0.4) is 0 Å². The van der Waals surface area contributed by atoms with Crippen LogP contribution in [0.25, 0.3) is 0 Å². The normalized spacial score (nSPS) is 36.3. The van der Waals surface area contributed by atoms with Gasteiger partial charge in [-0.2, -0.15) is 0 Å². The van der Waals surface area contributed by atoms with Gasteiger partial charge in [-0.25, -0.2) is 0 Å². The predicted molar refractivity (Wildman–Crippen MR) is 44.3 cm³/mol. The van der Waals surface area contributed by atoms with Crippen molar-refractivity contribution in [2.24, 2.45) is 11.1 Å². The van der Waals surface area contributed by atoms with Crippen molar-refractivity contribution < 1.29 is 4.74 Å². The van der Waals surface area contributed by atoms with Crippen LogP contribution in [0.4, 0.5) is 0 Å². The lowest BCUT2D eigenvalue weighted by molar-refractivity contribution is 0.0105. The van der Waals surface area contributed by atoms with Gasteiger partial charge in [0.1, 0.15) is 0 Å². The lowest BCUT2D eigenvalue weighted by Crippen LogP contribution is -2.41. The van der Waals surface area contributed by atoms with E-state index in [1.54, 1.807) is 0 Å². The summed E-state index contributed by atoms with van der Waals surface area (Å²) in [5.74, 6) is 0. The van der Waals surface area contributed by atoms with Crippen molar-refractivity contribution in [2.45, 2.75) is 38.1 Å². The SMILES string of the molecule is N[C@H]1CCCC12CCOCC2. The van der Waals surface area contributed by atoms with Gasteiger partial charge in [-0.15, -0.1) is 0 Å². The quantitative estimate of drug-likeness (QED) is 0.572. The van der Waals surface area contributed by atoms with E-state index >= 15 is 0 Å². The van der Waals surface area contributed by atoms with E-state index in [9.17, 15) is 0 Å². The summed E-state index contributed by atoms with van der Waals surface area (Å²) in [6.45, 7) is 1.88. The molecule has 1 atom stereocenters. The van der Waals surface area contributed by atoms with Crippen LogP contribution in [-0.4, -0.2) is 19.3 Å². The maximum Gasteiger partial charge on any atom is 0.0471 e. The highest BCUT2D eigenvalue weighted by molar-refractivity contribution is 4.95. The molecule has 0 unspecified atom stereocenters. The number of rotatable bonds is 0.